The summed E-state index contributed by atoms with van der Waals surface area (Å²) in [6.45, 7) is 5.79. The predicted molar refractivity (Wildman–Crippen MR) is 91.0 cm³/mol. The number of furan rings is 1. The molecular formula is C17H18BrNO4. The summed E-state index contributed by atoms with van der Waals surface area (Å²) in [5.41, 5.74) is 2.59. The van der Waals surface area contributed by atoms with E-state index in [4.69, 9.17) is 9.52 Å². The molecule has 0 saturated heterocycles. The van der Waals surface area contributed by atoms with Gasteiger partial charge in [0, 0.05) is 15.7 Å². The summed E-state index contributed by atoms with van der Waals surface area (Å²) in [6.07, 6.45) is 1.08. The lowest BCUT2D eigenvalue weighted by Crippen LogP contribution is -2.16. The topological polar surface area (TPSA) is 79.5 Å². The zero-order chi connectivity index (χ0) is 17.1. The highest BCUT2D eigenvalue weighted by Gasteiger charge is 2.21. The van der Waals surface area contributed by atoms with E-state index in [0.29, 0.717) is 11.3 Å². The molecule has 1 heterocycles. The molecule has 1 amide bonds. The summed E-state index contributed by atoms with van der Waals surface area (Å²) in [4.78, 5) is 23.5. The molecule has 0 spiro atoms. The van der Waals surface area contributed by atoms with Gasteiger partial charge in [0.2, 0.25) is 0 Å². The third kappa shape index (κ3) is 4.01. The number of amides is 1. The van der Waals surface area contributed by atoms with E-state index < -0.39 is 5.97 Å². The molecule has 0 atom stereocenters. The van der Waals surface area contributed by atoms with Crippen LogP contribution in [-0.4, -0.2) is 17.0 Å². The van der Waals surface area contributed by atoms with Gasteiger partial charge in [-0.25, -0.2) is 0 Å². The Labute approximate surface area is 142 Å². The molecule has 0 radical (unpaired) electrons. The normalized spacial score (nSPS) is 10.8. The minimum atomic E-state index is -1.04. The van der Waals surface area contributed by atoms with E-state index in [2.05, 4.69) is 21.2 Å². The largest absolute Gasteiger partial charge is 0.481 e. The number of hydrogen-bond donors (Lipinski definition) is 2. The number of aliphatic carboxylic acids is 1. The Bertz CT molecular complexity index is 749. The van der Waals surface area contributed by atoms with Gasteiger partial charge in [0.15, 0.2) is 0 Å². The summed E-state index contributed by atoms with van der Waals surface area (Å²) in [7, 11) is 0. The van der Waals surface area contributed by atoms with Crippen LogP contribution in [0, 0.1) is 6.92 Å². The number of carbonyl (C=O) groups excluding carboxylic acids is 1. The molecule has 2 aromatic rings. The average molecular weight is 380 g/mol. The van der Waals surface area contributed by atoms with Gasteiger partial charge in [0.05, 0.1) is 11.8 Å². The molecule has 1 aromatic carbocycles. The van der Waals surface area contributed by atoms with E-state index in [1.54, 1.807) is 6.92 Å². The fourth-order valence-corrected chi connectivity index (χ4v) is 2.76. The van der Waals surface area contributed by atoms with Crippen molar-refractivity contribution in [2.45, 2.75) is 33.1 Å². The summed E-state index contributed by atoms with van der Waals surface area (Å²) in [5.74, 6) is -1.01. The highest BCUT2D eigenvalue weighted by Crippen LogP contribution is 2.29. The van der Waals surface area contributed by atoms with Gasteiger partial charge in [-0.1, -0.05) is 29.8 Å². The fourth-order valence-electron chi connectivity index (χ4n) is 2.38. The number of halogens is 1. The van der Waals surface area contributed by atoms with Crippen LogP contribution in [0.4, 0.5) is 5.69 Å². The predicted octanol–water partition coefficient (Wildman–Crippen LogP) is 4.35. The van der Waals surface area contributed by atoms with Gasteiger partial charge in [-0.05, 0) is 36.6 Å². The summed E-state index contributed by atoms with van der Waals surface area (Å²) < 4.78 is 6.15. The Morgan fingerprint density at radius 2 is 2.04 bits per heavy atom. The van der Waals surface area contributed by atoms with E-state index in [-0.39, 0.29) is 29.6 Å². The molecule has 0 bridgehead atoms. The van der Waals surface area contributed by atoms with Crippen LogP contribution in [-0.2, 0) is 11.2 Å². The monoisotopic (exact) mass is 379 g/mol. The van der Waals surface area contributed by atoms with Crippen LogP contribution in [0.5, 0.6) is 0 Å². The third-order valence-electron chi connectivity index (χ3n) is 3.47. The first-order valence-electron chi connectivity index (χ1n) is 7.19. The number of benzene rings is 1. The molecule has 1 aromatic heterocycles. The molecule has 5 nitrogen and oxygen atoms in total. The van der Waals surface area contributed by atoms with Gasteiger partial charge >= 0.3 is 5.97 Å². The van der Waals surface area contributed by atoms with Crippen LogP contribution in [0.2, 0.25) is 0 Å². The number of rotatable bonds is 5. The number of aryl methyl sites for hydroxylation is 1. The maximum absolute atomic E-state index is 12.6. The Balaban J connectivity index is 2.33. The minimum Gasteiger partial charge on any atom is -0.481 e. The molecular weight excluding hydrogens is 362 g/mol. The van der Waals surface area contributed by atoms with Gasteiger partial charge in [0.25, 0.3) is 5.91 Å². The highest BCUT2D eigenvalue weighted by molar-refractivity contribution is 9.10. The number of nitrogens with one attached hydrogen (secondary N) is 1. The van der Waals surface area contributed by atoms with Crippen LogP contribution in [0.3, 0.4) is 0 Å². The van der Waals surface area contributed by atoms with Crippen molar-refractivity contribution >= 4 is 33.5 Å². The van der Waals surface area contributed by atoms with Gasteiger partial charge < -0.3 is 14.8 Å². The lowest BCUT2D eigenvalue weighted by molar-refractivity contribution is -0.136. The average Bonchev–Trinajstić information content (AvgIpc) is 2.80. The molecule has 0 fully saturated rings. The lowest BCUT2D eigenvalue weighted by atomic mass is 10.0. The Morgan fingerprint density at radius 3 is 2.65 bits per heavy atom. The van der Waals surface area contributed by atoms with E-state index in [9.17, 15) is 9.59 Å². The summed E-state index contributed by atoms with van der Waals surface area (Å²) in [5, 5.41) is 11.8. The van der Waals surface area contributed by atoms with Crippen molar-refractivity contribution in [2.24, 2.45) is 0 Å². The van der Waals surface area contributed by atoms with E-state index in [0.717, 1.165) is 10.0 Å². The van der Waals surface area contributed by atoms with Crippen LogP contribution < -0.4 is 5.32 Å². The maximum atomic E-state index is 12.6. The van der Waals surface area contributed by atoms with E-state index in [1.807, 2.05) is 32.0 Å². The van der Waals surface area contributed by atoms with Crippen molar-refractivity contribution in [3.8, 4) is 0 Å². The Morgan fingerprint density at radius 1 is 1.35 bits per heavy atom. The lowest BCUT2D eigenvalue weighted by Gasteiger charge is -2.14. The fraction of sp³-hybridized carbons (Fsp3) is 0.294. The van der Waals surface area contributed by atoms with Crippen LogP contribution in [0.25, 0.3) is 0 Å². The molecule has 0 saturated carbocycles. The van der Waals surface area contributed by atoms with Gasteiger partial charge in [-0.3, -0.25) is 9.59 Å². The van der Waals surface area contributed by atoms with E-state index >= 15 is 0 Å². The number of hydrogen-bond acceptors (Lipinski definition) is 3. The number of anilines is 1. The van der Waals surface area contributed by atoms with Crippen molar-refractivity contribution < 1.29 is 19.1 Å². The molecule has 2 rings (SSSR count). The second-order valence-corrected chi connectivity index (χ2v) is 6.54. The van der Waals surface area contributed by atoms with Crippen molar-refractivity contribution in [1.29, 1.82) is 0 Å². The maximum Gasteiger partial charge on any atom is 0.311 e. The Hall–Kier alpha value is -2.08. The first kappa shape index (κ1) is 17.3. The van der Waals surface area contributed by atoms with Gasteiger partial charge in [-0.15, -0.1) is 0 Å². The second kappa shape index (κ2) is 7.00. The number of carboxylic acid groups (broad SMARTS) is 1. The summed E-state index contributed by atoms with van der Waals surface area (Å²) in [6, 6.07) is 5.63. The second-order valence-electron chi connectivity index (χ2n) is 5.63. The smallest absolute Gasteiger partial charge is 0.311 e. The van der Waals surface area contributed by atoms with Crippen molar-refractivity contribution in [2.75, 3.05) is 5.32 Å². The van der Waals surface area contributed by atoms with Gasteiger partial charge in [-0.2, -0.15) is 0 Å². The number of carboxylic acids is 1. The first-order valence-corrected chi connectivity index (χ1v) is 7.98. The SMILES string of the molecule is Cc1coc(CC(=O)O)c1C(=O)Nc1ccc(Br)cc1C(C)C. The summed E-state index contributed by atoms with van der Waals surface area (Å²) >= 11 is 3.43. The first-order chi connectivity index (χ1) is 10.8. The number of carbonyl (C=O) groups is 2. The molecule has 122 valence electrons. The molecule has 0 unspecified atom stereocenters. The Kier molecular flexibility index (Phi) is 5.26. The van der Waals surface area contributed by atoms with E-state index in [1.165, 1.54) is 6.26 Å². The molecule has 6 heteroatoms. The standard InChI is InChI=1S/C17H18BrNO4/c1-9(2)12-6-11(18)4-5-13(12)19-17(22)16-10(3)8-23-14(16)7-15(20)21/h4-6,8-9H,7H2,1-3H3,(H,19,22)(H,20,21). The molecule has 23 heavy (non-hydrogen) atoms. The van der Waals surface area contributed by atoms with Crippen LogP contribution in [0.15, 0.2) is 33.4 Å². The van der Waals surface area contributed by atoms with Crippen LogP contribution in [0.1, 0.15) is 47.0 Å². The third-order valence-corrected chi connectivity index (χ3v) is 3.97. The van der Waals surface area contributed by atoms with Crippen LogP contribution >= 0.6 is 15.9 Å². The zero-order valence-electron chi connectivity index (χ0n) is 13.1. The van der Waals surface area contributed by atoms with Crippen molar-refractivity contribution in [1.82, 2.24) is 0 Å². The van der Waals surface area contributed by atoms with Crippen molar-refractivity contribution in [3.05, 3.63) is 51.4 Å². The molecule has 0 aliphatic heterocycles. The quantitative estimate of drug-likeness (QED) is 0.808. The minimum absolute atomic E-state index is 0.163. The van der Waals surface area contributed by atoms with Gasteiger partial charge in [0.1, 0.15) is 12.2 Å². The molecule has 0 aliphatic rings. The zero-order valence-corrected chi connectivity index (χ0v) is 14.7. The van der Waals surface area contributed by atoms with Crippen molar-refractivity contribution in [3.63, 3.8) is 0 Å². The highest BCUT2D eigenvalue weighted by atomic mass is 79.9. The molecule has 2 N–H and O–H groups in total. The molecule has 0 aliphatic carbocycles.